The van der Waals surface area contributed by atoms with E-state index < -0.39 is 0 Å². The SMILES string of the molecule is Cc1cnn(CC(=O)NCc2ccnn2C)c1. The average molecular weight is 233 g/mol. The summed E-state index contributed by atoms with van der Waals surface area (Å²) in [4.78, 5) is 11.6. The molecule has 0 aliphatic rings. The van der Waals surface area contributed by atoms with Gasteiger partial charge in [0.25, 0.3) is 0 Å². The molecule has 6 nitrogen and oxygen atoms in total. The minimum atomic E-state index is -0.0608. The molecule has 0 fully saturated rings. The molecule has 90 valence electrons. The number of aryl methyl sites for hydroxylation is 2. The van der Waals surface area contributed by atoms with Crippen molar-refractivity contribution >= 4 is 5.91 Å². The van der Waals surface area contributed by atoms with Gasteiger partial charge in [0, 0.05) is 19.4 Å². The van der Waals surface area contributed by atoms with Crippen molar-refractivity contribution in [2.45, 2.75) is 20.0 Å². The molecule has 0 aliphatic heterocycles. The van der Waals surface area contributed by atoms with E-state index in [0.29, 0.717) is 6.54 Å². The van der Waals surface area contributed by atoms with Crippen LogP contribution in [0.1, 0.15) is 11.3 Å². The number of amides is 1. The highest BCUT2D eigenvalue weighted by atomic mass is 16.2. The van der Waals surface area contributed by atoms with Gasteiger partial charge in [0.1, 0.15) is 6.54 Å². The Morgan fingerprint density at radius 2 is 2.29 bits per heavy atom. The van der Waals surface area contributed by atoms with Crippen LogP contribution in [-0.2, 0) is 24.9 Å². The Balaban J connectivity index is 1.84. The molecule has 2 aromatic rings. The van der Waals surface area contributed by atoms with Gasteiger partial charge in [-0.05, 0) is 18.6 Å². The third-order valence-corrected chi connectivity index (χ3v) is 2.46. The Hall–Kier alpha value is -2.11. The van der Waals surface area contributed by atoms with Gasteiger partial charge >= 0.3 is 0 Å². The molecule has 0 aromatic carbocycles. The van der Waals surface area contributed by atoms with Crippen LogP contribution in [0.5, 0.6) is 0 Å². The standard InChI is InChI=1S/C11H15N5O/c1-9-5-14-16(7-9)8-11(17)12-6-10-3-4-13-15(10)2/h3-5,7H,6,8H2,1-2H3,(H,12,17). The van der Waals surface area contributed by atoms with Crippen LogP contribution in [0, 0.1) is 6.92 Å². The van der Waals surface area contributed by atoms with Crippen molar-refractivity contribution in [3.8, 4) is 0 Å². The third kappa shape index (κ3) is 2.93. The number of carbonyl (C=O) groups is 1. The van der Waals surface area contributed by atoms with Crippen LogP contribution in [0.15, 0.2) is 24.7 Å². The lowest BCUT2D eigenvalue weighted by molar-refractivity contribution is -0.122. The molecule has 0 unspecified atom stereocenters. The first-order chi connectivity index (χ1) is 8.15. The zero-order chi connectivity index (χ0) is 12.3. The van der Waals surface area contributed by atoms with Crippen LogP contribution in [0.3, 0.4) is 0 Å². The summed E-state index contributed by atoms with van der Waals surface area (Å²) < 4.78 is 3.35. The largest absolute Gasteiger partial charge is 0.349 e. The van der Waals surface area contributed by atoms with Gasteiger partial charge in [-0.1, -0.05) is 0 Å². The minimum absolute atomic E-state index is 0.0608. The van der Waals surface area contributed by atoms with Crippen molar-refractivity contribution < 1.29 is 4.79 Å². The number of carbonyl (C=O) groups excluding carboxylic acids is 1. The molecule has 0 aliphatic carbocycles. The molecule has 1 amide bonds. The van der Waals surface area contributed by atoms with Gasteiger partial charge in [0.15, 0.2) is 0 Å². The quantitative estimate of drug-likeness (QED) is 0.822. The summed E-state index contributed by atoms with van der Waals surface area (Å²) >= 11 is 0. The summed E-state index contributed by atoms with van der Waals surface area (Å²) in [5.41, 5.74) is 2.01. The van der Waals surface area contributed by atoms with Gasteiger partial charge in [0.05, 0.1) is 18.4 Å². The molecule has 6 heteroatoms. The van der Waals surface area contributed by atoms with Gasteiger partial charge < -0.3 is 5.32 Å². The van der Waals surface area contributed by atoms with Crippen LogP contribution in [0.25, 0.3) is 0 Å². The molecule has 17 heavy (non-hydrogen) atoms. The van der Waals surface area contributed by atoms with Crippen molar-refractivity contribution in [1.29, 1.82) is 0 Å². The molecule has 1 N–H and O–H groups in total. The molecule has 0 saturated heterocycles. The maximum atomic E-state index is 11.6. The molecule has 0 radical (unpaired) electrons. The predicted octanol–water partition coefficient (Wildman–Crippen LogP) is 0.241. The summed E-state index contributed by atoms with van der Waals surface area (Å²) in [6.07, 6.45) is 5.27. The van der Waals surface area contributed by atoms with E-state index in [9.17, 15) is 4.79 Å². The van der Waals surface area contributed by atoms with E-state index in [1.165, 1.54) is 0 Å². The fraction of sp³-hybridized carbons (Fsp3) is 0.364. The molecule has 0 atom stereocenters. The number of nitrogens with zero attached hydrogens (tertiary/aromatic N) is 4. The summed E-state index contributed by atoms with van der Waals surface area (Å²) in [5, 5.41) is 10.9. The number of rotatable bonds is 4. The number of hydrogen-bond acceptors (Lipinski definition) is 3. The summed E-state index contributed by atoms with van der Waals surface area (Å²) in [6, 6.07) is 1.87. The van der Waals surface area contributed by atoms with Crippen LogP contribution in [0.2, 0.25) is 0 Å². The maximum absolute atomic E-state index is 11.6. The van der Waals surface area contributed by atoms with E-state index in [1.807, 2.05) is 26.2 Å². The Bertz CT molecular complexity index is 513. The third-order valence-electron chi connectivity index (χ3n) is 2.46. The van der Waals surface area contributed by atoms with E-state index in [1.54, 1.807) is 21.8 Å². The number of hydrogen-bond donors (Lipinski definition) is 1. The van der Waals surface area contributed by atoms with Gasteiger partial charge in [-0.3, -0.25) is 14.2 Å². The lowest BCUT2D eigenvalue weighted by Gasteiger charge is -2.05. The first kappa shape index (κ1) is 11.4. The Morgan fingerprint density at radius 3 is 2.88 bits per heavy atom. The molecule has 2 aromatic heterocycles. The Morgan fingerprint density at radius 1 is 1.47 bits per heavy atom. The number of nitrogens with one attached hydrogen (secondary N) is 1. The first-order valence-electron chi connectivity index (χ1n) is 5.38. The highest BCUT2D eigenvalue weighted by Gasteiger charge is 2.05. The monoisotopic (exact) mass is 233 g/mol. The van der Waals surface area contributed by atoms with Crippen LogP contribution < -0.4 is 5.32 Å². The first-order valence-corrected chi connectivity index (χ1v) is 5.38. The second-order valence-electron chi connectivity index (χ2n) is 3.94. The van der Waals surface area contributed by atoms with E-state index in [2.05, 4.69) is 15.5 Å². The lowest BCUT2D eigenvalue weighted by atomic mass is 10.4. The lowest BCUT2D eigenvalue weighted by Crippen LogP contribution is -2.28. The van der Waals surface area contributed by atoms with Crippen LogP contribution in [0.4, 0.5) is 0 Å². The molecule has 0 bridgehead atoms. The van der Waals surface area contributed by atoms with Gasteiger partial charge in [-0.15, -0.1) is 0 Å². The molecule has 0 spiro atoms. The molecule has 0 saturated carbocycles. The smallest absolute Gasteiger partial charge is 0.242 e. The Labute approximate surface area is 99.2 Å². The van der Waals surface area contributed by atoms with Crippen LogP contribution >= 0.6 is 0 Å². The summed E-state index contributed by atoms with van der Waals surface area (Å²) in [5.74, 6) is -0.0608. The topological polar surface area (TPSA) is 64.7 Å². The Kier molecular flexibility index (Phi) is 3.22. The van der Waals surface area contributed by atoms with Gasteiger partial charge in [-0.2, -0.15) is 10.2 Å². The van der Waals surface area contributed by atoms with E-state index >= 15 is 0 Å². The molecular formula is C11H15N5O. The number of aromatic nitrogens is 4. The highest BCUT2D eigenvalue weighted by molar-refractivity contribution is 5.75. The van der Waals surface area contributed by atoms with Crippen LogP contribution in [-0.4, -0.2) is 25.5 Å². The van der Waals surface area contributed by atoms with Crippen molar-refractivity contribution in [1.82, 2.24) is 24.9 Å². The average Bonchev–Trinajstić information content (AvgIpc) is 2.85. The van der Waals surface area contributed by atoms with Crippen molar-refractivity contribution in [3.63, 3.8) is 0 Å². The van der Waals surface area contributed by atoms with Gasteiger partial charge in [0.2, 0.25) is 5.91 Å². The predicted molar refractivity (Wildman–Crippen MR) is 62.0 cm³/mol. The zero-order valence-electron chi connectivity index (χ0n) is 9.92. The second kappa shape index (κ2) is 4.82. The zero-order valence-corrected chi connectivity index (χ0v) is 9.92. The van der Waals surface area contributed by atoms with Gasteiger partial charge in [-0.25, -0.2) is 0 Å². The van der Waals surface area contributed by atoms with Crippen molar-refractivity contribution in [3.05, 3.63) is 35.9 Å². The second-order valence-corrected chi connectivity index (χ2v) is 3.94. The molecule has 2 heterocycles. The van der Waals surface area contributed by atoms with E-state index in [4.69, 9.17) is 0 Å². The fourth-order valence-electron chi connectivity index (χ4n) is 1.52. The summed E-state index contributed by atoms with van der Waals surface area (Å²) in [6.45, 7) is 2.66. The fourth-order valence-corrected chi connectivity index (χ4v) is 1.52. The van der Waals surface area contributed by atoms with E-state index in [-0.39, 0.29) is 12.5 Å². The normalized spacial score (nSPS) is 10.5. The summed E-state index contributed by atoms with van der Waals surface area (Å²) in [7, 11) is 1.85. The molecular weight excluding hydrogens is 218 g/mol. The maximum Gasteiger partial charge on any atom is 0.242 e. The molecule has 2 rings (SSSR count). The van der Waals surface area contributed by atoms with Crippen molar-refractivity contribution in [2.24, 2.45) is 7.05 Å². The van der Waals surface area contributed by atoms with Crippen molar-refractivity contribution in [2.75, 3.05) is 0 Å². The highest BCUT2D eigenvalue weighted by Crippen LogP contribution is 1.96. The minimum Gasteiger partial charge on any atom is -0.349 e. The van der Waals surface area contributed by atoms with E-state index in [0.717, 1.165) is 11.3 Å².